The van der Waals surface area contributed by atoms with Crippen molar-refractivity contribution in [3.63, 3.8) is 0 Å². The van der Waals surface area contributed by atoms with Gasteiger partial charge in [-0.3, -0.25) is 0 Å². The van der Waals surface area contributed by atoms with Crippen molar-refractivity contribution in [2.75, 3.05) is 26.7 Å². The monoisotopic (exact) mass is 447 g/mol. The molecule has 2 aromatic carbocycles. The van der Waals surface area contributed by atoms with Crippen LogP contribution in [0.2, 0.25) is 5.02 Å². The van der Waals surface area contributed by atoms with Gasteiger partial charge in [-0.2, -0.15) is 12.7 Å². The van der Waals surface area contributed by atoms with E-state index in [0.717, 1.165) is 36.8 Å². The van der Waals surface area contributed by atoms with E-state index in [4.69, 9.17) is 11.6 Å². The molecule has 2 fully saturated rings. The van der Waals surface area contributed by atoms with Crippen LogP contribution in [0.5, 0.6) is 0 Å². The van der Waals surface area contributed by atoms with Gasteiger partial charge in [0.05, 0.1) is 6.04 Å². The smallest absolute Gasteiger partial charge is 0.229 e. The highest BCUT2D eigenvalue weighted by molar-refractivity contribution is 7.86. The van der Waals surface area contributed by atoms with E-state index in [1.807, 2.05) is 54.5 Å². The number of hydrazine groups is 1. The summed E-state index contributed by atoms with van der Waals surface area (Å²) in [5.41, 5.74) is 2.11. The number of benzene rings is 2. The Morgan fingerprint density at radius 2 is 1.43 bits per heavy atom. The first kappa shape index (κ1) is 21.8. The molecule has 7 heteroatoms. The minimum Gasteiger partial charge on any atom is -0.229 e. The van der Waals surface area contributed by atoms with E-state index < -0.39 is 10.2 Å². The minimum atomic E-state index is -3.64. The van der Waals surface area contributed by atoms with Crippen molar-refractivity contribution in [2.45, 2.75) is 44.1 Å². The van der Waals surface area contributed by atoms with Crippen molar-refractivity contribution in [3.05, 3.63) is 70.7 Å². The number of hydrogen-bond donors (Lipinski definition) is 0. The van der Waals surface area contributed by atoms with E-state index in [0.29, 0.717) is 24.7 Å². The minimum absolute atomic E-state index is 0.0434. The summed E-state index contributed by atoms with van der Waals surface area (Å²) < 4.78 is 31.1. The number of rotatable bonds is 4. The molecule has 2 aliphatic heterocycles. The normalized spacial score (nSPS) is 25.1. The van der Waals surface area contributed by atoms with E-state index >= 15 is 0 Å². The summed E-state index contributed by atoms with van der Waals surface area (Å²) in [7, 11) is -1.76. The van der Waals surface area contributed by atoms with Crippen LogP contribution in [0.4, 0.5) is 0 Å². The Morgan fingerprint density at radius 3 is 2.07 bits per heavy atom. The third-order valence-electron chi connectivity index (χ3n) is 6.23. The van der Waals surface area contributed by atoms with Gasteiger partial charge < -0.3 is 0 Å². The maximum absolute atomic E-state index is 13.9. The van der Waals surface area contributed by atoms with Gasteiger partial charge in [0.2, 0.25) is 0 Å². The highest BCUT2D eigenvalue weighted by Crippen LogP contribution is 2.45. The maximum atomic E-state index is 13.9. The molecular weight excluding hydrogens is 418 g/mol. The molecule has 2 saturated heterocycles. The quantitative estimate of drug-likeness (QED) is 0.673. The average molecular weight is 448 g/mol. The summed E-state index contributed by atoms with van der Waals surface area (Å²) in [5.74, 6) is 0.0434. The lowest BCUT2D eigenvalue weighted by Crippen LogP contribution is -2.49. The molecule has 30 heavy (non-hydrogen) atoms. The summed E-state index contributed by atoms with van der Waals surface area (Å²) in [6.07, 6.45) is 5.22. The summed E-state index contributed by atoms with van der Waals surface area (Å²) in [4.78, 5) is 0. The van der Waals surface area contributed by atoms with Crippen LogP contribution in [0.1, 0.15) is 55.2 Å². The molecule has 2 aliphatic rings. The molecule has 4 rings (SSSR count). The molecule has 0 aliphatic carbocycles. The first-order valence-corrected chi connectivity index (χ1v) is 12.6. The van der Waals surface area contributed by atoms with Crippen molar-refractivity contribution in [1.29, 1.82) is 0 Å². The van der Waals surface area contributed by atoms with Crippen molar-refractivity contribution in [2.24, 2.45) is 0 Å². The van der Waals surface area contributed by atoms with Gasteiger partial charge in [-0.05, 0) is 36.1 Å². The van der Waals surface area contributed by atoms with Crippen LogP contribution in [0.3, 0.4) is 0 Å². The summed E-state index contributed by atoms with van der Waals surface area (Å²) in [6.45, 7) is 1.83. The third-order valence-corrected chi connectivity index (χ3v) is 8.48. The average Bonchev–Trinajstić information content (AvgIpc) is 3.06. The lowest BCUT2D eigenvalue weighted by Gasteiger charge is -2.35. The van der Waals surface area contributed by atoms with Gasteiger partial charge in [-0.25, -0.2) is 5.01 Å². The molecule has 2 unspecified atom stereocenters. The Morgan fingerprint density at radius 1 is 0.833 bits per heavy atom. The van der Waals surface area contributed by atoms with Gasteiger partial charge in [0.15, 0.2) is 0 Å². The first-order chi connectivity index (χ1) is 14.5. The van der Waals surface area contributed by atoms with E-state index in [2.05, 4.69) is 12.1 Å². The Hall–Kier alpha value is -1.44. The van der Waals surface area contributed by atoms with E-state index in [1.165, 1.54) is 6.42 Å². The van der Waals surface area contributed by atoms with Crippen LogP contribution < -0.4 is 0 Å². The van der Waals surface area contributed by atoms with Gasteiger partial charge in [0.25, 0.3) is 10.2 Å². The number of hydrogen-bond acceptors (Lipinski definition) is 3. The Labute approximate surface area is 185 Å². The molecule has 0 amide bonds. The van der Waals surface area contributed by atoms with Crippen molar-refractivity contribution < 1.29 is 8.42 Å². The number of likely N-dealkylation sites (N-methyl/N-ethyl adjacent to an activating group) is 1. The maximum Gasteiger partial charge on any atom is 0.295 e. The second kappa shape index (κ2) is 9.37. The second-order valence-electron chi connectivity index (χ2n) is 8.30. The van der Waals surface area contributed by atoms with E-state index in [1.54, 1.807) is 8.72 Å². The molecule has 5 nitrogen and oxygen atoms in total. The standard InChI is InChI=1S/C23H30ClN3O2S/c1-25-18-22(19-10-6-5-7-11-19)23(20-12-14-21(24)15-13-20)27(25)30(28,29)26-16-8-3-2-4-9-17-26/h5-7,10-15,22-23H,2-4,8-9,16-18H2,1H3. The van der Waals surface area contributed by atoms with E-state index in [-0.39, 0.29) is 12.0 Å². The largest absolute Gasteiger partial charge is 0.295 e. The highest BCUT2D eigenvalue weighted by Gasteiger charge is 2.48. The van der Waals surface area contributed by atoms with Crippen LogP contribution in [0.25, 0.3) is 0 Å². The molecule has 2 atom stereocenters. The first-order valence-electron chi connectivity index (χ1n) is 10.8. The van der Waals surface area contributed by atoms with Crippen molar-refractivity contribution >= 4 is 21.8 Å². The number of halogens is 1. The fraction of sp³-hybridized carbons (Fsp3) is 0.478. The highest BCUT2D eigenvalue weighted by atomic mass is 35.5. The molecule has 2 heterocycles. The Balaban J connectivity index is 1.74. The fourth-order valence-corrected chi connectivity index (χ4v) is 6.78. The van der Waals surface area contributed by atoms with Gasteiger partial charge in [-0.15, -0.1) is 4.41 Å². The summed E-state index contributed by atoms with van der Waals surface area (Å²) in [5, 5.41) is 2.53. The third kappa shape index (κ3) is 4.43. The van der Waals surface area contributed by atoms with Crippen LogP contribution in [-0.4, -0.2) is 48.8 Å². The molecule has 0 saturated carbocycles. The zero-order chi connectivity index (χ0) is 21.1. The van der Waals surface area contributed by atoms with Crippen LogP contribution in [0, 0.1) is 0 Å². The fourth-order valence-electron chi connectivity index (χ4n) is 4.73. The van der Waals surface area contributed by atoms with Crippen molar-refractivity contribution in [1.82, 2.24) is 13.7 Å². The molecule has 0 radical (unpaired) electrons. The second-order valence-corrected chi connectivity index (χ2v) is 10.5. The lowest BCUT2D eigenvalue weighted by molar-refractivity contribution is 0.112. The molecule has 162 valence electrons. The summed E-state index contributed by atoms with van der Waals surface area (Å²) in [6, 6.07) is 17.5. The van der Waals surface area contributed by atoms with Crippen LogP contribution in [0.15, 0.2) is 54.6 Å². The van der Waals surface area contributed by atoms with E-state index in [9.17, 15) is 8.42 Å². The lowest BCUT2D eigenvalue weighted by atomic mass is 9.89. The zero-order valence-corrected chi connectivity index (χ0v) is 19.0. The molecule has 0 bridgehead atoms. The van der Waals surface area contributed by atoms with Crippen LogP contribution in [-0.2, 0) is 10.2 Å². The summed E-state index contributed by atoms with van der Waals surface area (Å²) >= 11 is 6.13. The molecule has 0 spiro atoms. The molecule has 0 N–H and O–H groups in total. The van der Waals surface area contributed by atoms with Gasteiger partial charge in [-0.1, -0.05) is 73.3 Å². The van der Waals surface area contributed by atoms with Gasteiger partial charge >= 0.3 is 0 Å². The van der Waals surface area contributed by atoms with Crippen LogP contribution >= 0.6 is 11.6 Å². The van der Waals surface area contributed by atoms with Crippen molar-refractivity contribution in [3.8, 4) is 0 Å². The zero-order valence-electron chi connectivity index (χ0n) is 17.5. The topological polar surface area (TPSA) is 43.9 Å². The predicted octanol–water partition coefficient (Wildman–Crippen LogP) is 4.84. The molecule has 0 aromatic heterocycles. The SMILES string of the molecule is CN1CC(c2ccccc2)C(c2ccc(Cl)cc2)N1S(=O)(=O)N1CCCCCCC1. The Bertz CT molecular complexity index is 929. The molecular formula is C23H30ClN3O2S. The Kier molecular flexibility index (Phi) is 6.80. The van der Waals surface area contributed by atoms with Gasteiger partial charge in [0.1, 0.15) is 0 Å². The predicted molar refractivity (Wildman–Crippen MR) is 121 cm³/mol. The number of nitrogens with zero attached hydrogens (tertiary/aromatic N) is 3. The molecule has 2 aromatic rings. The van der Waals surface area contributed by atoms with Gasteiger partial charge in [0, 0.05) is 37.6 Å².